The molecule has 3 N–H and O–H groups in total. The molecule has 0 aliphatic carbocycles. The molecule has 4 heteroatoms. The molecule has 0 saturated carbocycles. The summed E-state index contributed by atoms with van der Waals surface area (Å²) in [7, 11) is 0. The smallest absolute Gasteiger partial charge is 0.339 e. The van der Waals surface area contributed by atoms with Crippen LogP contribution in [0.1, 0.15) is 25.0 Å². The third-order valence-electron chi connectivity index (χ3n) is 1.90. The van der Waals surface area contributed by atoms with Gasteiger partial charge in [-0.1, -0.05) is 19.1 Å². The van der Waals surface area contributed by atoms with Crippen LogP contribution in [0.5, 0.6) is 0 Å². The Morgan fingerprint density at radius 3 is 2.93 bits per heavy atom. The molecule has 1 aromatic carbocycles. The molecule has 1 atom stereocenters. The number of rotatable bonds is 4. The van der Waals surface area contributed by atoms with E-state index < -0.39 is 12.1 Å². The highest BCUT2D eigenvalue weighted by atomic mass is 16.5. The number of nitrogens with two attached hydrogens (primary N) is 1. The van der Waals surface area contributed by atoms with Crippen molar-refractivity contribution < 1.29 is 14.6 Å². The lowest BCUT2D eigenvalue weighted by atomic mass is 10.1. The van der Waals surface area contributed by atoms with E-state index in [2.05, 4.69) is 0 Å². The number of anilines is 1. The van der Waals surface area contributed by atoms with Crippen molar-refractivity contribution in [3.63, 3.8) is 0 Å². The fourth-order valence-electron chi connectivity index (χ4n) is 1.15. The minimum atomic E-state index is -1.25. The SMILES string of the molecule is CCCOC(=O)C(O)c1cccc(N)c1. The number of ether oxygens (including phenoxy) is 1. The van der Waals surface area contributed by atoms with E-state index in [0.29, 0.717) is 17.9 Å². The van der Waals surface area contributed by atoms with Gasteiger partial charge in [0.15, 0.2) is 6.10 Å². The third-order valence-corrected chi connectivity index (χ3v) is 1.90. The highest BCUT2D eigenvalue weighted by molar-refractivity contribution is 5.76. The first-order valence-corrected chi connectivity index (χ1v) is 4.85. The molecule has 0 bridgehead atoms. The summed E-state index contributed by atoms with van der Waals surface area (Å²) >= 11 is 0. The second-order valence-electron chi connectivity index (χ2n) is 3.24. The summed E-state index contributed by atoms with van der Waals surface area (Å²) in [5, 5.41) is 9.61. The molecule has 4 nitrogen and oxygen atoms in total. The minimum Gasteiger partial charge on any atom is -0.464 e. The van der Waals surface area contributed by atoms with Gasteiger partial charge < -0.3 is 15.6 Å². The fourth-order valence-corrected chi connectivity index (χ4v) is 1.15. The summed E-state index contributed by atoms with van der Waals surface area (Å²) in [5.74, 6) is -0.637. The summed E-state index contributed by atoms with van der Waals surface area (Å²) in [6, 6.07) is 6.56. The second-order valence-corrected chi connectivity index (χ2v) is 3.24. The zero-order valence-corrected chi connectivity index (χ0v) is 8.64. The molecule has 0 aromatic heterocycles. The zero-order valence-electron chi connectivity index (χ0n) is 8.64. The molecule has 15 heavy (non-hydrogen) atoms. The highest BCUT2D eigenvalue weighted by Crippen LogP contribution is 2.16. The number of benzene rings is 1. The summed E-state index contributed by atoms with van der Waals surface area (Å²) < 4.78 is 4.82. The van der Waals surface area contributed by atoms with Crippen molar-refractivity contribution in [2.24, 2.45) is 0 Å². The number of carbonyl (C=O) groups excluding carboxylic acids is 1. The first kappa shape index (κ1) is 11.5. The molecule has 0 fully saturated rings. The van der Waals surface area contributed by atoms with Gasteiger partial charge in [0, 0.05) is 5.69 Å². The van der Waals surface area contributed by atoms with E-state index in [1.807, 2.05) is 6.92 Å². The van der Waals surface area contributed by atoms with Crippen molar-refractivity contribution in [1.82, 2.24) is 0 Å². The Kier molecular flexibility index (Phi) is 4.12. The zero-order chi connectivity index (χ0) is 11.3. The van der Waals surface area contributed by atoms with Crippen molar-refractivity contribution in [2.75, 3.05) is 12.3 Å². The summed E-state index contributed by atoms with van der Waals surface area (Å²) in [6.45, 7) is 2.21. The van der Waals surface area contributed by atoms with Crippen LogP contribution >= 0.6 is 0 Å². The van der Waals surface area contributed by atoms with E-state index in [4.69, 9.17) is 10.5 Å². The van der Waals surface area contributed by atoms with Gasteiger partial charge in [-0.25, -0.2) is 4.79 Å². The van der Waals surface area contributed by atoms with Gasteiger partial charge in [0.2, 0.25) is 0 Å². The first-order valence-electron chi connectivity index (χ1n) is 4.85. The Hall–Kier alpha value is -1.55. The lowest BCUT2D eigenvalue weighted by Gasteiger charge is -2.10. The molecule has 0 spiro atoms. The monoisotopic (exact) mass is 209 g/mol. The maximum atomic E-state index is 11.3. The number of aliphatic hydroxyl groups is 1. The molecule has 1 aromatic rings. The van der Waals surface area contributed by atoms with E-state index in [1.54, 1.807) is 24.3 Å². The molecule has 0 aliphatic heterocycles. The quantitative estimate of drug-likeness (QED) is 0.578. The predicted molar refractivity (Wildman–Crippen MR) is 57.1 cm³/mol. The lowest BCUT2D eigenvalue weighted by molar-refractivity contribution is -0.153. The maximum absolute atomic E-state index is 11.3. The maximum Gasteiger partial charge on any atom is 0.339 e. The molecule has 0 saturated heterocycles. The Morgan fingerprint density at radius 2 is 2.33 bits per heavy atom. The van der Waals surface area contributed by atoms with Gasteiger partial charge >= 0.3 is 5.97 Å². The number of hydrogen-bond acceptors (Lipinski definition) is 4. The Balaban J connectivity index is 2.67. The van der Waals surface area contributed by atoms with Crippen LogP contribution in [0.3, 0.4) is 0 Å². The van der Waals surface area contributed by atoms with Gasteiger partial charge in [-0.05, 0) is 24.1 Å². The van der Waals surface area contributed by atoms with Crippen LogP contribution in [0.2, 0.25) is 0 Å². The van der Waals surface area contributed by atoms with E-state index in [0.717, 1.165) is 6.42 Å². The van der Waals surface area contributed by atoms with Crippen LogP contribution in [0, 0.1) is 0 Å². The van der Waals surface area contributed by atoms with Gasteiger partial charge in [0.1, 0.15) is 0 Å². The molecule has 0 aliphatic rings. The standard InChI is InChI=1S/C11H15NO3/c1-2-6-15-11(14)10(13)8-4-3-5-9(12)7-8/h3-5,7,10,13H,2,6,12H2,1H3. The van der Waals surface area contributed by atoms with Crippen molar-refractivity contribution >= 4 is 11.7 Å². The first-order chi connectivity index (χ1) is 7.15. The number of carbonyl (C=O) groups is 1. The van der Waals surface area contributed by atoms with E-state index in [-0.39, 0.29) is 0 Å². The van der Waals surface area contributed by atoms with Crippen LogP contribution in [0.25, 0.3) is 0 Å². The second kappa shape index (κ2) is 5.36. The molecule has 1 rings (SSSR count). The Bertz CT molecular complexity index is 338. The molecular formula is C11H15NO3. The average molecular weight is 209 g/mol. The van der Waals surface area contributed by atoms with E-state index in [9.17, 15) is 9.90 Å². The number of esters is 1. The topological polar surface area (TPSA) is 72.5 Å². The fraction of sp³-hybridized carbons (Fsp3) is 0.364. The van der Waals surface area contributed by atoms with E-state index in [1.165, 1.54) is 0 Å². The van der Waals surface area contributed by atoms with Crippen LogP contribution in [0.15, 0.2) is 24.3 Å². The van der Waals surface area contributed by atoms with Crippen molar-refractivity contribution in [3.05, 3.63) is 29.8 Å². The third kappa shape index (κ3) is 3.25. The van der Waals surface area contributed by atoms with Gasteiger partial charge in [0.05, 0.1) is 6.61 Å². The van der Waals surface area contributed by atoms with Crippen LogP contribution in [-0.4, -0.2) is 17.7 Å². The van der Waals surface area contributed by atoms with E-state index >= 15 is 0 Å². The minimum absolute atomic E-state index is 0.318. The van der Waals surface area contributed by atoms with Crippen LogP contribution in [-0.2, 0) is 9.53 Å². The lowest BCUT2D eigenvalue weighted by Crippen LogP contribution is -2.16. The average Bonchev–Trinajstić information content (AvgIpc) is 2.24. The molecule has 0 amide bonds. The summed E-state index contributed by atoms with van der Waals surface area (Å²) in [5.41, 5.74) is 6.50. The molecule has 0 heterocycles. The number of aliphatic hydroxyl groups excluding tert-OH is 1. The molecular weight excluding hydrogens is 194 g/mol. The van der Waals surface area contributed by atoms with Gasteiger partial charge in [-0.15, -0.1) is 0 Å². The Morgan fingerprint density at radius 1 is 1.60 bits per heavy atom. The van der Waals surface area contributed by atoms with Crippen LogP contribution < -0.4 is 5.73 Å². The summed E-state index contributed by atoms with van der Waals surface area (Å²) in [4.78, 5) is 11.3. The predicted octanol–water partition coefficient (Wildman–Crippen LogP) is 1.26. The molecule has 1 unspecified atom stereocenters. The van der Waals surface area contributed by atoms with Gasteiger partial charge in [0.25, 0.3) is 0 Å². The molecule has 0 radical (unpaired) electrons. The Labute approximate surface area is 88.7 Å². The number of nitrogen functional groups attached to an aromatic ring is 1. The summed E-state index contributed by atoms with van der Waals surface area (Å²) in [6.07, 6.45) is -0.518. The van der Waals surface area contributed by atoms with Crippen molar-refractivity contribution in [1.29, 1.82) is 0 Å². The normalized spacial score (nSPS) is 12.1. The number of hydrogen-bond donors (Lipinski definition) is 2. The molecule has 82 valence electrons. The largest absolute Gasteiger partial charge is 0.464 e. The van der Waals surface area contributed by atoms with Gasteiger partial charge in [-0.2, -0.15) is 0 Å². The van der Waals surface area contributed by atoms with Crippen LogP contribution in [0.4, 0.5) is 5.69 Å². The highest BCUT2D eigenvalue weighted by Gasteiger charge is 2.18. The van der Waals surface area contributed by atoms with Gasteiger partial charge in [-0.3, -0.25) is 0 Å². The van der Waals surface area contributed by atoms with Crippen molar-refractivity contribution in [3.8, 4) is 0 Å². The van der Waals surface area contributed by atoms with Crippen molar-refractivity contribution in [2.45, 2.75) is 19.4 Å².